The maximum Gasteiger partial charge on any atom is 0.260 e. The molecule has 7 heteroatoms. The molecular weight excluding hydrogens is 404 g/mol. The number of hydrogen-bond acceptors (Lipinski definition) is 4. The minimum absolute atomic E-state index is 0.00743. The van der Waals surface area contributed by atoms with Crippen molar-refractivity contribution in [3.63, 3.8) is 0 Å². The van der Waals surface area contributed by atoms with Gasteiger partial charge < -0.3 is 19.7 Å². The summed E-state index contributed by atoms with van der Waals surface area (Å²) in [6.07, 6.45) is 2.23. The second-order valence-corrected chi connectivity index (χ2v) is 7.66. The highest BCUT2D eigenvalue weighted by molar-refractivity contribution is 6.31. The van der Waals surface area contributed by atoms with Crippen LogP contribution in [0.25, 0.3) is 0 Å². The van der Waals surface area contributed by atoms with Crippen LogP contribution < -0.4 is 14.8 Å². The summed E-state index contributed by atoms with van der Waals surface area (Å²) in [6.45, 7) is 3.24. The van der Waals surface area contributed by atoms with E-state index in [0.29, 0.717) is 42.3 Å². The second kappa shape index (κ2) is 10.3. The van der Waals surface area contributed by atoms with Gasteiger partial charge in [-0.15, -0.1) is 0 Å². The fourth-order valence-electron chi connectivity index (χ4n) is 3.56. The third kappa shape index (κ3) is 5.45. The zero-order valence-corrected chi connectivity index (χ0v) is 18.1. The van der Waals surface area contributed by atoms with Crippen molar-refractivity contribution in [2.75, 3.05) is 26.8 Å². The van der Waals surface area contributed by atoms with E-state index < -0.39 is 0 Å². The van der Waals surface area contributed by atoms with Crippen LogP contribution >= 0.6 is 11.6 Å². The summed E-state index contributed by atoms with van der Waals surface area (Å²) in [6, 6.07) is 12.7. The van der Waals surface area contributed by atoms with Gasteiger partial charge in [-0.05, 0) is 49.1 Å². The Morgan fingerprint density at radius 2 is 1.87 bits per heavy atom. The first-order valence-corrected chi connectivity index (χ1v) is 10.5. The number of benzene rings is 2. The Bertz CT molecular complexity index is 895. The molecule has 2 aromatic rings. The number of aryl methyl sites for hydroxylation is 1. The van der Waals surface area contributed by atoms with Crippen LogP contribution in [0.1, 0.15) is 35.7 Å². The number of nitrogens with zero attached hydrogens (tertiary/aromatic N) is 1. The molecule has 2 aromatic carbocycles. The molecule has 0 aliphatic carbocycles. The standard InChI is InChI=1S/C23H27ClN2O4/c1-3-16-6-4-5-7-20(16)30-15-22(27)26-12-10-18(11-13-26)25-23(28)19-14-17(24)8-9-21(19)29-2/h4-9,14,18H,3,10-13,15H2,1-2H3,(H,25,28). The summed E-state index contributed by atoms with van der Waals surface area (Å²) in [7, 11) is 1.52. The van der Waals surface area contributed by atoms with Crippen LogP contribution in [0.5, 0.6) is 11.5 Å². The van der Waals surface area contributed by atoms with Crippen LogP contribution in [-0.4, -0.2) is 49.6 Å². The van der Waals surface area contributed by atoms with Crippen molar-refractivity contribution >= 4 is 23.4 Å². The lowest BCUT2D eigenvalue weighted by molar-refractivity contribution is -0.134. The molecule has 0 unspecified atom stereocenters. The van der Waals surface area contributed by atoms with Crippen molar-refractivity contribution < 1.29 is 19.1 Å². The van der Waals surface area contributed by atoms with Gasteiger partial charge in [-0.2, -0.15) is 0 Å². The van der Waals surface area contributed by atoms with Crippen LogP contribution in [0.2, 0.25) is 5.02 Å². The number of rotatable bonds is 7. The van der Waals surface area contributed by atoms with E-state index in [2.05, 4.69) is 12.2 Å². The molecule has 3 rings (SSSR count). The molecule has 1 aliphatic heterocycles. The molecular formula is C23H27ClN2O4. The normalized spacial score (nSPS) is 14.3. The molecule has 2 amide bonds. The highest BCUT2D eigenvalue weighted by Crippen LogP contribution is 2.23. The summed E-state index contributed by atoms with van der Waals surface area (Å²) in [5, 5.41) is 3.50. The van der Waals surface area contributed by atoms with E-state index in [9.17, 15) is 9.59 Å². The fraction of sp³-hybridized carbons (Fsp3) is 0.391. The molecule has 160 valence electrons. The average molecular weight is 431 g/mol. The topological polar surface area (TPSA) is 67.9 Å². The van der Waals surface area contributed by atoms with Gasteiger partial charge in [0.15, 0.2) is 6.61 Å². The van der Waals surface area contributed by atoms with Crippen LogP contribution in [-0.2, 0) is 11.2 Å². The zero-order valence-electron chi connectivity index (χ0n) is 17.3. The maximum absolute atomic E-state index is 12.6. The number of likely N-dealkylation sites (tertiary alicyclic amines) is 1. The lowest BCUT2D eigenvalue weighted by Crippen LogP contribution is -2.47. The molecule has 1 N–H and O–H groups in total. The third-order valence-corrected chi connectivity index (χ3v) is 5.53. The van der Waals surface area contributed by atoms with Crippen molar-refractivity contribution in [1.82, 2.24) is 10.2 Å². The second-order valence-electron chi connectivity index (χ2n) is 7.22. The van der Waals surface area contributed by atoms with E-state index in [4.69, 9.17) is 21.1 Å². The predicted molar refractivity (Wildman–Crippen MR) is 116 cm³/mol. The van der Waals surface area contributed by atoms with Gasteiger partial charge in [-0.1, -0.05) is 36.7 Å². The van der Waals surface area contributed by atoms with E-state index in [0.717, 1.165) is 17.7 Å². The first-order valence-electron chi connectivity index (χ1n) is 10.1. The third-order valence-electron chi connectivity index (χ3n) is 5.29. The number of piperidine rings is 1. The van der Waals surface area contributed by atoms with Gasteiger partial charge in [-0.3, -0.25) is 9.59 Å². The summed E-state index contributed by atoms with van der Waals surface area (Å²) in [4.78, 5) is 26.9. The summed E-state index contributed by atoms with van der Waals surface area (Å²) < 4.78 is 11.0. The molecule has 0 radical (unpaired) electrons. The van der Waals surface area contributed by atoms with E-state index in [1.54, 1.807) is 23.1 Å². The molecule has 0 bridgehead atoms. The number of hydrogen-bond donors (Lipinski definition) is 1. The molecule has 1 heterocycles. The van der Waals surface area contributed by atoms with Gasteiger partial charge in [0.1, 0.15) is 11.5 Å². The van der Waals surface area contributed by atoms with Crippen molar-refractivity contribution in [2.24, 2.45) is 0 Å². The first-order chi connectivity index (χ1) is 14.5. The lowest BCUT2D eigenvalue weighted by Gasteiger charge is -2.32. The molecule has 0 spiro atoms. The maximum atomic E-state index is 12.6. The Labute approximate surface area is 182 Å². The first kappa shape index (κ1) is 22.0. The van der Waals surface area contributed by atoms with Gasteiger partial charge in [-0.25, -0.2) is 0 Å². The molecule has 1 fully saturated rings. The summed E-state index contributed by atoms with van der Waals surface area (Å²) >= 11 is 6.02. The van der Waals surface area contributed by atoms with Gasteiger partial charge >= 0.3 is 0 Å². The molecule has 0 aromatic heterocycles. The van der Waals surface area contributed by atoms with E-state index >= 15 is 0 Å². The van der Waals surface area contributed by atoms with Crippen molar-refractivity contribution in [1.29, 1.82) is 0 Å². The van der Waals surface area contributed by atoms with Gasteiger partial charge in [0.2, 0.25) is 0 Å². The molecule has 1 aliphatic rings. The molecule has 0 atom stereocenters. The van der Waals surface area contributed by atoms with E-state index in [1.807, 2.05) is 24.3 Å². The van der Waals surface area contributed by atoms with Crippen molar-refractivity contribution in [3.05, 3.63) is 58.6 Å². The number of nitrogens with one attached hydrogen (secondary N) is 1. The number of para-hydroxylation sites is 1. The Kier molecular flexibility index (Phi) is 7.57. The number of carbonyl (C=O) groups is 2. The van der Waals surface area contributed by atoms with Gasteiger partial charge in [0.25, 0.3) is 11.8 Å². The van der Waals surface area contributed by atoms with Crippen molar-refractivity contribution in [3.8, 4) is 11.5 Å². The molecule has 0 saturated carbocycles. The number of carbonyl (C=O) groups excluding carboxylic acids is 2. The minimum Gasteiger partial charge on any atom is -0.496 e. The molecule has 6 nitrogen and oxygen atoms in total. The Balaban J connectivity index is 1.49. The molecule has 1 saturated heterocycles. The van der Waals surface area contributed by atoms with Crippen LogP contribution in [0.4, 0.5) is 0 Å². The largest absolute Gasteiger partial charge is 0.496 e. The Hall–Kier alpha value is -2.73. The minimum atomic E-state index is -0.223. The number of amides is 2. The fourth-order valence-corrected chi connectivity index (χ4v) is 3.73. The lowest BCUT2D eigenvalue weighted by atomic mass is 10.0. The predicted octanol–water partition coefficient (Wildman–Crippen LogP) is 3.71. The zero-order chi connectivity index (χ0) is 21.5. The quantitative estimate of drug-likeness (QED) is 0.727. The number of ether oxygens (including phenoxy) is 2. The van der Waals surface area contributed by atoms with Gasteiger partial charge in [0.05, 0.1) is 12.7 Å². The van der Waals surface area contributed by atoms with Crippen LogP contribution in [0.3, 0.4) is 0 Å². The molecule has 30 heavy (non-hydrogen) atoms. The van der Waals surface area contributed by atoms with Gasteiger partial charge in [0, 0.05) is 24.2 Å². The Morgan fingerprint density at radius 3 is 2.57 bits per heavy atom. The summed E-state index contributed by atoms with van der Waals surface area (Å²) in [5.74, 6) is 0.973. The number of methoxy groups -OCH3 is 1. The Morgan fingerprint density at radius 1 is 1.13 bits per heavy atom. The smallest absolute Gasteiger partial charge is 0.260 e. The monoisotopic (exact) mass is 430 g/mol. The highest BCUT2D eigenvalue weighted by Gasteiger charge is 2.25. The average Bonchev–Trinajstić information content (AvgIpc) is 2.78. The van der Waals surface area contributed by atoms with E-state index in [1.165, 1.54) is 7.11 Å². The summed E-state index contributed by atoms with van der Waals surface area (Å²) in [5.41, 5.74) is 1.50. The van der Waals surface area contributed by atoms with Crippen LogP contribution in [0.15, 0.2) is 42.5 Å². The number of halogens is 1. The highest BCUT2D eigenvalue weighted by atomic mass is 35.5. The van der Waals surface area contributed by atoms with E-state index in [-0.39, 0.29) is 24.5 Å². The van der Waals surface area contributed by atoms with Crippen molar-refractivity contribution in [2.45, 2.75) is 32.2 Å². The SMILES string of the molecule is CCc1ccccc1OCC(=O)N1CCC(NC(=O)c2cc(Cl)ccc2OC)CC1. The van der Waals surface area contributed by atoms with Crippen LogP contribution in [0, 0.1) is 0 Å².